The average Bonchev–Trinajstić information content (AvgIpc) is 2.87. The second kappa shape index (κ2) is 13.3. The zero-order valence-corrected chi connectivity index (χ0v) is 16.4. The Morgan fingerprint density at radius 1 is 1.24 bits per heavy atom. The minimum absolute atomic E-state index is 0. The summed E-state index contributed by atoms with van der Waals surface area (Å²) in [5, 5.41) is 6.62. The van der Waals surface area contributed by atoms with E-state index in [4.69, 9.17) is 4.74 Å². The molecule has 1 heterocycles. The third-order valence-electron chi connectivity index (χ3n) is 2.85. The van der Waals surface area contributed by atoms with E-state index >= 15 is 0 Å². The average molecular weight is 425 g/mol. The van der Waals surface area contributed by atoms with Gasteiger partial charge in [0.05, 0.1) is 6.54 Å². The summed E-state index contributed by atoms with van der Waals surface area (Å²) in [7, 11) is 1.80. The Morgan fingerprint density at radius 3 is 2.62 bits per heavy atom. The van der Waals surface area contributed by atoms with Gasteiger partial charge in [-0.05, 0) is 31.9 Å². The molecule has 6 heteroatoms. The number of ether oxygens (including phenoxy) is 1. The lowest BCUT2D eigenvalue weighted by Crippen LogP contribution is -2.37. The summed E-state index contributed by atoms with van der Waals surface area (Å²) in [6.45, 7) is 7.70. The Morgan fingerprint density at radius 2 is 2.00 bits per heavy atom. The molecule has 0 aliphatic heterocycles. The van der Waals surface area contributed by atoms with Crippen LogP contribution in [0, 0.1) is 6.92 Å². The summed E-state index contributed by atoms with van der Waals surface area (Å²) in [6.07, 6.45) is 3.34. The lowest BCUT2D eigenvalue weighted by atomic mass is 10.4. The van der Waals surface area contributed by atoms with E-state index in [-0.39, 0.29) is 24.0 Å². The molecule has 1 aromatic heterocycles. The molecule has 0 bridgehead atoms. The first-order valence-electron chi connectivity index (χ1n) is 7.33. The summed E-state index contributed by atoms with van der Waals surface area (Å²) in [5.74, 6) is 0.851. The zero-order chi connectivity index (χ0) is 14.6. The second-order valence-electron chi connectivity index (χ2n) is 4.68. The van der Waals surface area contributed by atoms with Gasteiger partial charge in [-0.25, -0.2) is 0 Å². The van der Waals surface area contributed by atoms with Crippen LogP contribution in [0.3, 0.4) is 0 Å². The van der Waals surface area contributed by atoms with Crippen LogP contribution in [0.5, 0.6) is 0 Å². The largest absolute Gasteiger partial charge is 0.381 e. The van der Waals surface area contributed by atoms with Crippen molar-refractivity contribution in [3.05, 3.63) is 21.9 Å². The minimum Gasteiger partial charge on any atom is -0.381 e. The van der Waals surface area contributed by atoms with Crippen molar-refractivity contribution in [2.45, 2.75) is 39.7 Å². The molecule has 0 saturated carbocycles. The molecule has 0 saturated heterocycles. The van der Waals surface area contributed by atoms with Crippen molar-refractivity contribution in [3.8, 4) is 0 Å². The highest BCUT2D eigenvalue weighted by molar-refractivity contribution is 14.0. The Kier molecular flexibility index (Phi) is 13.1. The van der Waals surface area contributed by atoms with Gasteiger partial charge in [-0.1, -0.05) is 13.3 Å². The van der Waals surface area contributed by atoms with Gasteiger partial charge in [-0.15, -0.1) is 35.3 Å². The SMILES string of the molecule is CCCCOCCCNC(=NC)NCc1ccc(C)s1.I. The predicted molar refractivity (Wildman–Crippen MR) is 103 cm³/mol. The summed E-state index contributed by atoms with van der Waals surface area (Å²) in [6, 6.07) is 4.30. The van der Waals surface area contributed by atoms with Gasteiger partial charge >= 0.3 is 0 Å². The van der Waals surface area contributed by atoms with Crippen molar-refractivity contribution in [1.82, 2.24) is 10.6 Å². The van der Waals surface area contributed by atoms with Crippen LogP contribution in [0.2, 0.25) is 0 Å². The molecule has 0 spiro atoms. The number of hydrogen-bond acceptors (Lipinski definition) is 3. The summed E-state index contributed by atoms with van der Waals surface area (Å²) in [4.78, 5) is 6.88. The highest BCUT2D eigenvalue weighted by atomic mass is 127. The maximum absolute atomic E-state index is 5.52. The molecule has 1 aromatic rings. The molecule has 2 N–H and O–H groups in total. The number of thiophene rings is 1. The van der Waals surface area contributed by atoms with Crippen molar-refractivity contribution < 1.29 is 4.74 Å². The van der Waals surface area contributed by atoms with E-state index in [9.17, 15) is 0 Å². The Balaban J connectivity index is 0.00000400. The first-order chi connectivity index (χ1) is 9.76. The molecule has 4 nitrogen and oxygen atoms in total. The van der Waals surface area contributed by atoms with Crippen LogP contribution in [-0.4, -0.2) is 32.8 Å². The molecular formula is C15H28IN3OS. The number of unbranched alkanes of at least 4 members (excludes halogenated alkanes) is 1. The fourth-order valence-electron chi connectivity index (χ4n) is 1.70. The fraction of sp³-hybridized carbons (Fsp3) is 0.667. The smallest absolute Gasteiger partial charge is 0.191 e. The second-order valence-corrected chi connectivity index (χ2v) is 6.06. The van der Waals surface area contributed by atoms with Gasteiger partial charge in [0, 0.05) is 36.6 Å². The topological polar surface area (TPSA) is 45.6 Å². The van der Waals surface area contributed by atoms with Crippen LogP contribution in [0.1, 0.15) is 35.9 Å². The highest BCUT2D eigenvalue weighted by Gasteiger charge is 1.99. The van der Waals surface area contributed by atoms with Gasteiger partial charge in [0.25, 0.3) is 0 Å². The van der Waals surface area contributed by atoms with Gasteiger partial charge in [0.2, 0.25) is 0 Å². The quantitative estimate of drug-likeness (QED) is 0.275. The number of halogens is 1. The molecule has 122 valence electrons. The fourth-order valence-corrected chi connectivity index (χ4v) is 2.53. The van der Waals surface area contributed by atoms with Gasteiger partial charge in [0.1, 0.15) is 0 Å². The summed E-state index contributed by atoms with van der Waals surface area (Å²) in [5.41, 5.74) is 0. The monoisotopic (exact) mass is 425 g/mol. The van der Waals surface area contributed by atoms with E-state index in [0.29, 0.717) is 0 Å². The number of aryl methyl sites for hydroxylation is 1. The molecule has 0 atom stereocenters. The number of guanidine groups is 1. The van der Waals surface area contributed by atoms with Crippen molar-refractivity contribution in [2.24, 2.45) is 4.99 Å². The molecule has 0 radical (unpaired) electrons. The molecule has 0 unspecified atom stereocenters. The standard InChI is InChI=1S/C15H27N3OS.HI/c1-4-5-10-19-11-6-9-17-15(16-3)18-12-14-8-7-13(2)20-14;/h7-8H,4-6,9-12H2,1-3H3,(H2,16,17,18);1H. The van der Waals surface area contributed by atoms with Crippen LogP contribution in [0.15, 0.2) is 17.1 Å². The molecule has 0 aromatic carbocycles. The first kappa shape index (κ1) is 20.7. The van der Waals surface area contributed by atoms with Crippen molar-refractivity contribution >= 4 is 41.3 Å². The zero-order valence-electron chi connectivity index (χ0n) is 13.3. The highest BCUT2D eigenvalue weighted by Crippen LogP contribution is 2.14. The van der Waals surface area contributed by atoms with E-state index in [1.165, 1.54) is 16.2 Å². The third kappa shape index (κ3) is 10.1. The van der Waals surface area contributed by atoms with Gasteiger partial charge in [-0.3, -0.25) is 4.99 Å². The van der Waals surface area contributed by atoms with E-state index < -0.39 is 0 Å². The van der Waals surface area contributed by atoms with Gasteiger partial charge in [-0.2, -0.15) is 0 Å². The molecule has 0 aliphatic carbocycles. The maximum Gasteiger partial charge on any atom is 0.191 e. The summed E-state index contributed by atoms with van der Waals surface area (Å²) < 4.78 is 5.52. The lowest BCUT2D eigenvalue weighted by molar-refractivity contribution is 0.129. The van der Waals surface area contributed by atoms with E-state index in [2.05, 4.69) is 41.6 Å². The third-order valence-corrected chi connectivity index (χ3v) is 3.85. The van der Waals surface area contributed by atoms with Crippen LogP contribution >= 0.6 is 35.3 Å². The van der Waals surface area contributed by atoms with E-state index in [1.54, 1.807) is 7.05 Å². The van der Waals surface area contributed by atoms with Crippen LogP contribution in [0.4, 0.5) is 0 Å². The molecule has 0 fully saturated rings. The molecule has 0 aliphatic rings. The number of nitrogens with zero attached hydrogens (tertiary/aromatic N) is 1. The lowest BCUT2D eigenvalue weighted by Gasteiger charge is -2.11. The molecular weight excluding hydrogens is 397 g/mol. The summed E-state index contributed by atoms with van der Waals surface area (Å²) >= 11 is 1.81. The first-order valence-corrected chi connectivity index (χ1v) is 8.15. The molecule has 0 amide bonds. The minimum atomic E-state index is 0. The van der Waals surface area contributed by atoms with E-state index in [1.807, 2.05) is 11.3 Å². The van der Waals surface area contributed by atoms with E-state index in [0.717, 1.165) is 45.1 Å². The maximum atomic E-state index is 5.52. The van der Waals surface area contributed by atoms with Gasteiger partial charge < -0.3 is 15.4 Å². The Bertz CT molecular complexity index is 396. The van der Waals surface area contributed by atoms with Gasteiger partial charge in [0.15, 0.2) is 5.96 Å². The molecule has 1 rings (SSSR count). The number of rotatable bonds is 9. The van der Waals surface area contributed by atoms with Crippen LogP contribution in [0.25, 0.3) is 0 Å². The number of hydrogen-bond donors (Lipinski definition) is 2. The van der Waals surface area contributed by atoms with Crippen LogP contribution < -0.4 is 10.6 Å². The Labute approximate surface area is 149 Å². The van der Waals surface area contributed by atoms with Crippen LogP contribution in [-0.2, 0) is 11.3 Å². The molecule has 21 heavy (non-hydrogen) atoms. The number of aliphatic imine (C=N–C) groups is 1. The van der Waals surface area contributed by atoms with Crippen molar-refractivity contribution in [2.75, 3.05) is 26.8 Å². The Hall–Kier alpha value is -0.340. The number of nitrogens with one attached hydrogen (secondary N) is 2. The normalized spacial score (nSPS) is 11.1. The predicted octanol–water partition coefficient (Wildman–Crippen LogP) is 3.55. The van der Waals surface area contributed by atoms with Crippen molar-refractivity contribution in [3.63, 3.8) is 0 Å². The van der Waals surface area contributed by atoms with Crippen molar-refractivity contribution in [1.29, 1.82) is 0 Å².